The number of carbonyl (C=O) groups excluding carboxylic acids is 1. The third-order valence-corrected chi connectivity index (χ3v) is 9.19. The summed E-state index contributed by atoms with van der Waals surface area (Å²) in [6.07, 6.45) is 1.64. The lowest BCUT2D eigenvalue weighted by atomic mass is 9.81. The van der Waals surface area contributed by atoms with Gasteiger partial charge in [-0.25, -0.2) is 12.8 Å². The van der Waals surface area contributed by atoms with E-state index in [1.54, 1.807) is 43.9 Å². The standard InChI is InChI=1S/C26H32FNO5S/c1-5-32-23-16-26(33-22-8-7-20(27)15-21(22)23)10-12-28(13-11-26)25(29)19-6-9-24(18(4)14-19)34(30,31)17(2)3/h6-9,14-15,17,23H,5,10-13,16H2,1-4H3/t23-/m1/s1. The molecule has 0 aromatic heterocycles. The Morgan fingerprint density at radius 1 is 1.21 bits per heavy atom. The summed E-state index contributed by atoms with van der Waals surface area (Å²) < 4.78 is 51.2. The number of rotatable bonds is 5. The fraction of sp³-hybridized carbons (Fsp3) is 0.500. The Balaban J connectivity index is 1.49. The van der Waals surface area contributed by atoms with E-state index in [9.17, 15) is 17.6 Å². The number of carbonyl (C=O) groups is 1. The zero-order valence-corrected chi connectivity index (χ0v) is 21.0. The van der Waals surface area contributed by atoms with E-state index in [0.717, 1.165) is 5.56 Å². The Morgan fingerprint density at radius 3 is 2.53 bits per heavy atom. The first-order valence-corrected chi connectivity index (χ1v) is 13.3. The first-order chi connectivity index (χ1) is 16.1. The fourth-order valence-corrected chi connectivity index (χ4v) is 6.17. The van der Waals surface area contributed by atoms with Crippen LogP contribution in [0.2, 0.25) is 0 Å². The molecule has 0 N–H and O–H groups in total. The molecule has 8 heteroatoms. The van der Waals surface area contributed by atoms with Crippen molar-refractivity contribution in [1.82, 2.24) is 4.90 Å². The monoisotopic (exact) mass is 489 g/mol. The van der Waals surface area contributed by atoms with Gasteiger partial charge in [-0.15, -0.1) is 0 Å². The molecular weight excluding hydrogens is 457 g/mol. The number of likely N-dealkylation sites (tertiary alicyclic amines) is 1. The molecule has 2 aliphatic rings. The summed E-state index contributed by atoms with van der Waals surface area (Å²) in [5.41, 5.74) is 1.32. The molecule has 1 atom stereocenters. The second-order valence-electron chi connectivity index (χ2n) is 9.48. The molecule has 0 radical (unpaired) electrons. The molecule has 0 aliphatic carbocycles. The molecule has 0 unspecified atom stereocenters. The number of nitrogens with zero attached hydrogens (tertiary/aromatic N) is 1. The van der Waals surface area contributed by atoms with E-state index in [2.05, 4.69) is 0 Å². The summed E-state index contributed by atoms with van der Waals surface area (Å²) in [6, 6.07) is 9.33. The van der Waals surface area contributed by atoms with E-state index in [-0.39, 0.29) is 22.7 Å². The lowest BCUT2D eigenvalue weighted by Gasteiger charge is -2.46. The van der Waals surface area contributed by atoms with Gasteiger partial charge in [-0.3, -0.25) is 4.79 Å². The molecular formula is C26H32FNO5S. The van der Waals surface area contributed by atoms with Gasteiger partial charge in [0.25, 0.3) is 5.91 Å². The highest BCUT2D eigenvalue weighted by Gasteiger charge is 2.44. The quantitative estimate of drug-likeness (QED) is 0.600. The van der Waals surface area contributed by atoms with Crippen LogP contribution in [0.15, 0.2) is 41.3 Å². The van der Waals surface area contributed by atoms with Crippen LogP contribution in [0.1, 0.15) is 67.6 Å². The van der Waals surface area contributed by atoms with Gasteiger partial charge in [0, 0.05) is 50.1 Å². The molecule has 4 rings (SSSR count). The maximum Gasteiger partial charge on any atom is 0.253 e. The molecule has 6 nitrogen and oxygen atoms in total. The number of hydrogen-bond donors (Lipinski definition) is 0. The Morgan fingerprint density at radius 2 is 1.91 bits per heavy atom. The van der Waals surface area contributed by atoms with Crippen LogP contribution in [0.5, 0.6) is 5.75 Å². The van der Waals surface area contributed by atoms with Gasteiger partial charge in [0.05, 0.1) is 16.2 Å². The Kier molecular flexibility index (Phi) is 6.75. The minimum atomic E-state index is -3.41. The van der Waals surface area contributed by atoms with Crippen LogP contribution in [0, 0.1) is 12.7 Å². The van der Waals surface area contributed by atoms with Crippen LogP contribution in [0.4, 0.5) is 4.39 Å². The van der Waals surface area contributed by atoms with Crippen molar-refractivity contribution in [3.63, 3.8) is 0 Å². The van der Waals surface area contributed by atoms with Crippen molar-refractivity contribution >= 4 is 15.7 Å². The minimum absolute atomic E-state index is 0.119. The second kappa shape index (κ2) is 9.30. The summed E-state index contributed by atoms with van der Waals surface area (Å²) in [5.74, 6) is 0.209. The smallest absolute Gasteiger partial charge is 0.253 e. The molecule has 1 saturated heterocycles. The summed E-state index contributed by atoms with van der Waals surface area (Å²) in [6.45, 7) is 8.48. The Labute approximate surface area is 201 Å². The number of aryl methyl sites for hydroxylation is 1. The van der Waals surface area contributed by atoms with Gasteiger partial charge in [0.2, 0.25) is 0 Å². The van der Waals surface area contributed by atoms with E-state index < -0.39 is 20.7 Å². The van der Waals surface area contributed by atoms with E-state index in [1.165, 1.54) is 18.2 Å². The van der Waals surface area contributed by atoms with Gasteiger partial charge in [-0.05, 0) is 69.7 Å². The maximum atomic E-state index is 13.8. The molecule has 2 aliphatic heterocycles. The molecule has 0 bridgehead atoms. The average molecular weight is 490 g/mol. The van der Waals surface area contributed by atoms with Crippen molar-refractivity contribution in [2.75, 3.05) is 19.7 Å². The molecule has 0 saturated carbocycles. The number of halogens is 1. The van der Waals surface area contributed by atoms with E-state index in [4.69, 9.17) is 9.47 Å². The average Bonchev–Trinajstić information content (AvgIpc) is 2.79. The molecule has 2 aromatic carbocycles. The number of fused-ring (bicyclic) bond motifs is 1. The Hall–Kier alpha value is -2.45. The van der Waals surface area contributed by atoms with Crippen LogP contribution in [0.3, 0.4) is 0 Å². The highest BCUT2D eigenvalue weighted by atomic mass is 32.2. The minimum Gasteiger partial charge on any atom is -0.487 e. The van der Waals surface area contributed by atoms with E-state index >= 15 is 0 Å². The lowest BCUT2D eigenvalue weighted by molar-refractivity contribution is -0.0701. The predicted octanol–water partition coefficient (Wildman–Crippen LogP) is 4.85. The van der Waals surface area contributed by atoms with E-state index in [0.29, 0.717) is 55.8 Å². The number of sulfone groups is 1. The molecule has 1 spiro atoms. The second-order valence-corrected chi connectivity index (χ2v) is 12.0. The summed E-state index contributed by atoms with van der Waals surface area (Å²) in [5, 5.41) is -0.524. The van der Waals surface area contributed by atoms with Crippen molar-refractivity contribution in [3.8, 4) is 5.75 Å². The van der Waals surface area contributed by atoms with Gasteiger partial charge in [-0.1, -0.05) is 0 Å². The van der Waals surface area contributed by atoms with Crippen LogP contribution in [-0.4, -0.2) is 49.8 Å². The summed E-state index contributed by atoms with van der Waals surface area (Å²) in [4.78, 5) is 15.2. The number of benzene rings is 2. The Bertz CT molecular complexity index is 1190. The zero-order valence-electron chi connectivity index (χ0n) is 20.1. The third kappa shape index (κ3) is 4.58. The van der Waals surface area contributed by atoms with Gasteiger partial charge in [-0.2, -0.15) is 0 Å². The summed E-state index contributed by atoms with van der Waals surface area (Å²) >= 11 is 0. The normalized spacial score (nSPS) is 19.7. The third-order valence-electron chi connectivity index (χ3n) is 6.88. The highest BCUT2D eigenvalue weighted by Crippen LogP contribution is 2.46. The van der Waals surface area contributed by atoms with Crippen LogP contribution in [0.25, 0.3) is 0 Å². The first-order valence-electron chi connectivity index (χ1n) is 11.8. The molecule has 184 valence electrons. The number of piperidine rings is 1. The van der Waals surface area contributed by atoms with Crippen molar-refractivity contribution in [2.45, 2.75) is 68.8 Å². The number of amides is 1. The van der Waals surface area contributed by atoms with E-state index in [1.807, 2.05) is 6.92 Å². The van der Waals surface area contributed by atoms with Gasteiger partial charge < -0.3 is 14.4 Å². The van der Waals surface area contributed by atoms with Crippen molar-refractivity contribution in [2.24, 2.45) is 0 Å². The van der Waals surface area contributed by atoms with Crippen LogP contribution >= 0.6 is 0 Å². The molecule has 2 heterocycles. The topological polar surface area (TPSA) is 72.9 Å². The van der Waals surface area contributed by atoms with Crippen LogP contribution in [-0.2, 0) is 14.6 Å². The highest BCUT2D eigenvalue weighted by molar-refractivity contribution is 7.92. The lowest BCUT2D eigenvalue weighted by Crippen LogP contribution is -2.52. The largest absolute Gasteiger partial charge is 0.487 e. The molecule has 1 fully saturated rings. The number of ether oxygens (including phenoxy) is 2. The van der Waals surface area contributed by atoms with Crippen molar-refractivity contribution < 1.29 is 27.1 Å². The first kappa shape index (κ1) is 24.7. The van der Waals surface area contributed by atoms with Crippen molar-refractivity contribution in [3.05, 3.63) is 58.9 Å². The number of hydrogen-bond acceptors (Lipinski definition) is 5. The fourth-order valence-electron chi connectivity index (χ4n) is 4.90. The summed E-state index contributed by atoms with van der Waals surface area (Å²) in [7, 11) is -3.41. The van der Waals surface area contributed by atoms with Gasteiger partial charge in [0.15, 0.2) is 9.84 Å². The SMILES string of the molecule is CCO[C@@H]1CC2(CCN(C(=O)c3ccc(S(=O)(=O)C(C)C)c(C)c3)CC2)Oc2ccc(F)cc21. The zero-order chi connectivity index (χ0) is 24.7. The molecule has 2 aromatic rings. The van der Waals surface area contributed by atoms with Crippen LogP contribution < -0.4 is 4.74 Å². The van der Waals surface area contributed by atoms with Crippen molar-refractivity contribution in [1.29, 1.82) is 0 Å². The predicted molar refractivity (Wildman–Crippen MR) is 127 cm³/mol. The molecule has 34 heavy (non-hydrogen) atoms. The maximum absolute atomic E-state index is 13.8. The molecule has 1 amide bonds. The van der Waals surface area contributed by atoms with Gasteiger partial charge in [0.1, 0.15) is 17.2 Å². The van der Waals surface area contributed by atoms with Gasteiger partial charge >= 0.3 is 0 Å².